The molecule has 0 radical (unpaired) electrons. The molecule has 1 amide bonds. The van der Waals surface area contributed by atoms with Gasteiger partial charge in [-0.05, 0) is 37.1 Å². The van der Waals surface area contributed by atoms with E-state index in [-0.39, 0.29) is 6.61 Å². The molecular weight excluding hydrogens is 337 g/mol. The van der Waals surface area contributed by atoms with Crippen molar-refractivity contribution in [2.24, 2.45) is 0 Å². The average Bonchev–Trinajstić information content (AvgIpc) is 2.92. The van der Waals surface area contributed by atoms with Crippen molar-refractivity contribution < 1.29 is 23.5 Å². The lowest BCUT2D eigenvalue weighted by Gasteiger charge is -2.32. The van der Waals surface area contributed by atoms with Crippen LogP contribution in [0.5, 0.6) is 0 Å². The highest BCUT2D eigenvalue weighted by atomic mass is 19.1. The number of hydrogen-bond acceptors (Lipinski definition) is 4. The fourth-order valence-corrected chi connectivity index (χ4v) is 3.16. The van der Waals surface area contributed by atoms with Gasteiger partial charge in [-0.3, -0.25) is 4.90 Å². The Morgan fingerprint density at radius 2 is 1.85 bits per heavy atom. The minimum absolute atomic E-state index is 0.105. The normalized spacial score (nSPS) is 21.4. The smallest absolute Gasteiger partial charge is 0.413 e. The second-order valence-corrected chi connectivity index (χ2v) is 6.57. The van der Waals surface area contributed by atoms with Crippen LogP contribution in [0.2, 0.25) is 0 Å². The zero-order valence-electron chi connectivity index (χ0n) is 14.6. The molecule has 1 aliphatic rings. The molecule has 136 valence electrons. The fourth-order valence-electron chi connectivity index (χ4n) is 3.16. The topological polar surface area (TPSA) is 55.8 Å². The number of halogens is 1. The number of rotatable bonds is 4. The molecule has 2 atom stereocenters. The first-order valence-corrected chi connectivity index (χ1v) is 8.31. The molecule has 3 rings (SSSR count). The maximum atomic E-state index is 13.3. The van der Waals surface area contributed by atoms with E-state index in [9.17, 15) is 14.0 Å². The summed E-state index contributed by atoms with van der Waals surface area (Å²) < 4.78 is 24.4. The largest absolute Gasteiger partial charge is 0.444 e. The highest BCUT2D eigenvalue weighted by Gasteiger charge is 2.51. The van der Waals surface area contributed by atoms with Crippen molar-refractivity contribution in [2.45, 2.75) is 38.3 Å². The Balaban J connectivity index is 1.86. The molecule has 1 heterocycles. The Labute approximate surface area is 151 Å². The van der Waals surface area contributed by atoms with Crippen molar-refractivity contribution in [1.82, 2.24) is 4.90 Å². The summed E-state index contributed by atoms with van der Waals surface area (Å²) in [6.07, 6.45) is -0.808. The number of benzene rings is 2. The van der Waals surface area contributed by atoms with E-state index in [1.54, 1.807) is 26.0 Å². The Bertz CT molecular complexity index is 776. The molecule has 1 saturated heterocycles. The van der Waals surface area contributed by atoms with Crippen LogP contribution in [0.4, 0.5) is 9.18 Å². The van der Waals surface area contributed by atoms with Crippen LogP contribution in [0.3, 0.4) is 0 Å². The first-order valence-electron chi connectivity index (χ1n) is 8.31. The molecule has 2 aromatic carbocycles. The van der Waals surface area contributed by atoms with E-state index >= 15 is 0 Å². The summed E-state index contributed by atoms with van der Waals surface area (Å²) in [4.78, 5) is 25.7. The Hall–Kier alpha value is -2.73. The molecular formula is C20H20FNO4. The van der Waals surface area contributed by atoms with Gasteiger partial charge in [0.25, 0.3) is 0 Å². The molecule has 0 spiro atoms. The standard InChI is InChI=1S/C20H20FNO4/c1-20(2)22(19(24)25-13-14-6-4-3-5-7-14)18(17(12-23)26-20)15-8-10-16(21)11-9-15/h3-12,17-18H,13H2,1-2H3/t17?,18-/m0/s1. The van der Waals surface area contributed by atoms with Gasteiger partial charge in [-0.15, -0.1) is 0 Å². The van der Waals surface area contributed by atoms with E-state index < -0.39 is 29.8 Å². The predicted octanol–water partition coefficient (Wildman–Crippen LogP) is 3.84. The molecule has 2 aromatic rings. The molecule has 5 nitrogen and oxygen atoms in total. The molecule has 1 fully saturated rings. The van der Waals surface area contributed by atoms with Crippen LogP contribution in [-0.4, -0.2) is 29.1 Å². The van der Waals surface area contributed by atoms with Gasteiger partial charge < -0.3 is 14.3 Å². The fraction of sp³-hybridized carbons (Fsp3) is 0.300. The van der Waals surface area contributed by atoms with Crippen LogP contribution in [0.15, 0.2) is 54.6 Å². The van der Waals surface area contributed by atoms with E-state index in [1.807, 2.05) is 30.3 Å². The van der Waals surface area contributed by atoms with Crippen LogP contribution in [0, 0.1) is 5.82 Å². The predicted molar refractivity (Wildman–Crippen MR) is 92.6 cm³/mol. The quantitative estimate of drug-likeness (QED) is 0.780. The summed E-state index contributed by atoms with van der Waals surface area (Å²) in [7, 11) is 0. The van der Waals surface area contributed by atoms with E-state index in [4.69, 9.17) is 9.47 Å². The summed E-state index contributed by atoms with van der Waals surface area (Å²) in [5.41, 5.74) is 0.410. The minimum atomic E-state index is -1.04. The summed E-state index contributed by atoms with van der Waals surface area (Å²) >= 11 is 0. The van der Waals surface area contributed by atoms with E-state index in [0.29, 0.717) is 11.8 Å². The second-order valence-electron chi connectivity index (χ2n) is 6.57. The van der Waals surface area contributed by atoms with Crippen molar-refractivity contribution in [1.29, 1.82) is 0 Å². The van der Waals surface area contributed by atoms with Crippen molar-refractivity contribution >= 4 is 12.4 Å². The first kappa shape index (κ1) is 18.1. The molecule has 1 unspecified atom stereocenters. The maximum Gasteiger partial charge on any atom is 0.413 e. The van der Waals surface area contributed by atoms with Gasteiger partial charge in [0, 0.05) is 0 Å². The molecule has 0 aliphatic carbocycles. The summed E-state index contributed by atoms with van der Waals surface area (Å²) in [6, 6.07) is 14.3. The molecule has 0 saturated carbocycles. The van der Waals surface area contributed by atoms with Gasteiger partial charge in [-0.25, -0.2) is 9.18 Å². The van der Waals surface area contributed by atoms with Gasteiger partial charge in [0.2, 0.25) is 0 Å². The van der Waals surface area contributed by atoms with Gasteiger partial charge in [0.1, 0.15) is 24.3 Å². The van der Waals surface area contributed by atoms with Gasteiger partial charge in [0.15, 0.2) is 6.29 Å². The highest BCUT2D eigenvalue weighted by Crippen LogP contribution is 2.41. The minimum Gasteiger partial charge on any atom is -0.444 e. The lowest BCUT2D eigenvalue weighted by atomic mass is 10.0. The van der Waals surface area contributed by atoms with Crippen LogP contribution >= 0.6 is 0 Å². The molecule has 6 heteroatoms. The SMILES string of the molecule is CC1(C)OC(C=O)[C@H](c2ccc(F)cc2)N1C(=O)OCc1ccccc1. The lowest BCUT2D eigenvalue weighted by molar-refractivity contribution is -0.123. The number of carbonyl (C=O) groups excluding carboxylic acids is 2. The zero-order chi connectivity index (χ0) is 18.7. The second kappa shape index (κ2) is 7.25. The first-order chi connectivity index (χ1) is 12.4. The van der Waals surface area contributed by atoms with E-state index in [0.717, 1.165) is 5.56 Å². The number of ether oxygens (including phenoxy) is 2. The Kier molecular flexibility index (Phi) is 5.04. The van der Waals surface area contributed by atoms with Crippen LogP contribution in [-0.2, 0) is 20.9 Å². The van der Waals surface area contributed by atoms with Gasteiger partial charge in [-0.2, -0.15) is 0 Å². The van der Waals surface area contributed by atoms with Crippen molar-refractivity contribution in [2.75, 3.05) is 0 Å². The van der Waals surface area contributed by atoms with Gasteiger partial charge in [-0.1, -0.05) is 42.5 Å². The summed E-state index contributed by atoms with van der Waals surface area (Å²) in [5.74, 6) is -0.396. The third-order valence-electron chi connectivity index (χ3n) is 4.34. The molecule has 1 aliphatic heterocycles. The van der Waals surface area contributed by atoms with Crippen LogP contribution in [0.25, 0.3) is 0 Å². The van der Waals surface area contributed by atoms with E-state index in [2.05, 4.69) is 0 Å². The molecule has 0 aromatic heterocycles. The third kappa shape index (κ3) is 3.60. The van der Waals surface area contributed by atoms with Crippen molar-refractivity contribution in [3.8, 4) is 0 Å². The molecule has 0 bridgehead atoms. The van der Waals surface area contributed by atoms with Gasteiger partial charge in [0.05, 0.1) is 6.04 Å². The van der Waals surface area contributed by atoms with Crippen LogP contribution in [0.1, 0.15) is 31.0 Å². The Morgan fingerprint density at radius 3 is 2.46 bits per heavy atom. The number of aldehydes is 1. The zero-order valence-corrected chi connectivity index (χ0v) is 14.6. The molecule has 26 heavy (non-hydrogen) atoms. The van der Waals surface area contributed by atoms with E-state index in [1.165, 1.54) is 17.0 Å². The number of carbonyl (C=O) groups is 2. The highest BCUT2D eigenvalue weighted by molar-refractivity contribution is 5.72. The lowest BCUT2D eigenvalue weighted by Crippen LogP contribution is -2.45. The monoisotopic (exact) mass is 357 g/mol. The van der Waals surface area contributed by atoms with Crippen molar-refractivity contribution in [3.63, 3.8) is 0 Å². The third-order valence-corrected chi connectivity index (χ3v) is 4.34. The number of hydrogen-bond donors (Lipinski definition) is 0. The maximum absolute atomic E-state index is 13.3. The molecule has 0 N–H and O–H groups in total. The Morgan fingerprint density at radius 1 is 1.19 bits per heavy atom. The summed E-state index contributed by atoms with van der Waals surface area (Å²) in [5, 5.41) is 0. The average molecular weight is 357 g/mol. The number of nitrogens with zero attached hydrogens (tertiary/aromatic N) is 1. The summed E-state index contributed by atoms with van der Waals surface area (Å²) in [6.45, 7) is 3.49. The van der Waals surface area contributed by atoms with Gasteiger partial charge >= 0.3 is 6.09 Å². The van der Waals surface area contributed by atoms with Crippen molar-refractivity contribution in [3.05, 3.63) is 71.5 Å². The number of amides is 1. The van der Waals surface area contributed by atoms with Crippen LogP contribution < -0.4 is 0 Å².